The average Bonchev–Trinajstić information content (AvgIpc) is 2.36. The molecule has 56 valence electrons. The van der Waals surface area contributed by atoms with Crippen molar-refractivity contribution < 1.29 is 0 Å². The van der Waals surface area contributed by atoms with Gasteiger partial charge in [-0.1, -0.05) is 19.4 Å². The topological polar surface area (TPSA) is 12.0 Å². The zero-order valence-corrected chi connectivity index (χ0v) is 6.51. The van der Waals surface area contributed by atoms with E-state index in [1.807, 2.05) is 0 Å². The minimum absolute atomic E-state index is 0.772. The van der Waals surface area contributed by atoms with E-state index in [-0.39, 0.29) is 0 Å². The average molecular weight is 137 g/mol. The van der Waals surface area contributed by atoms with Gasteiger partial charge in [0.25, 0.3) is 0 Å². The molecule has 0 saturated heterocycles. The van der Waals surface area contributed by atoms with Crippen molar-refractivity contribution in [1.29, 1.82) is 0 Å². The van der Waals surface area contributed by atoms with Crippen LogP contribution in [0.15, 0.2) is 12.3 Å². The maximum absolute atomic E-state index is 3.43. The molecule has 1 aliphatic carbocycles. The summed E-state index contributed by atoms with van der Waals surface area (Å²) >= 11 is 0. The fraction of sp³-hybridized carbons (Fsp3) is 0.778. The van der Waals surface area contributed by atoms with Crippen LogP contribution in [-0.4, -0.2) is 6.04 Å². The molecule has 0 amide bonds. The summed E-state index contributed by atoms with van der Waals surface area (Å²) in [7, 11) is 0. The van der Waals surface area contributed by atoms with E-state index in [0.29, 0.717) is 0 Å². The van der Waals surface area contributed by atoms with Crippen molar-refractivity contribution in [3.8, 4) is 0 Å². The Morgan fingerprint density at radius 2 is 2.30 bits per heavy atom. The molecule has 0 aromatic rings. The van der Waals surface area contributed by atoms with Gasteiger partial charge in [0.1, 0.15) is 0 Å². The molecular formula is C9H15N. The molecule has 1 fully saturated rings. The Hall–Kier alpha value is -0.460. The predicted molar refractivity (Wildman–Crippen MR) is 42.6 cm³/mol. The van der Waals surface area contributed by atoms with Gasteiger partial charge in [-0.2, -0.15) is 0 Å². The summed E-state index contributed by atoms with van der Waals surface area (Å²) in [6.45, 7) is 2.36. The molecule has 0 aromatic heterocycles. The van der Waals surface area contributed by atoms with Gasteiger partial charge in [0, 0.05) is 6.04 Å². The number of hydrogen-bond acceptors (Lipinski definition) is 1. The molecule has 2 unspecified atom stereocenters. The van der Waals surface area contributed by atoms with Crippen LogP contribution < -0.4 is 5.32 Å². The van der Waals surface area contributed by atoms with Crippen LogP contribution in [0.2, 0.25) is 0 Å². The lowest BCUT2D eigenvalue weighted by atomic mass is 9.79. The molecule has 0 bridgehead atoms. The molecule has 1 saturated carbocycles. The molecule has 10 heavy (non-hydrogen) atoms. The molecule has 1 heterocycles. The van der Waals surface area contributed by atoms with Crippen LogP contribution in [0, 0.1) is 11.8 Å². The lowest BCUT2D eigenvalue weighted by Crippen LogP contribution is -2.36. The highest BCUT2D eigenvalue weighted by Crippen LogP contribution is 2.32. The van der Waals surface area contributed by atoms with Crippen molar-refractivity contribution in [1.82, 2.24) is 5.32 Å². The van der Waals surface area contributed by atoms with Gasteiger partial charge < -0.3 is 5.32 Å². The van der Waals surface area contributed by atoms with Gasteiger partial charge in [-0.25, -0.2) is 0 Å². The van der Waals surface area contributed by atoms with E-state index < -0.39 is 0 Å². The van der Waals surface area contributed by atoms with Crippen molar-refractivity contribution in [2.24, 2.45) is 11.8 Å². The molecule has 1 aliphatic heterocycles. The number of rotatable bonds is 0. The minimum atomic E-state index is 0.772. The first-order valence-corrected chi connectivity index (χ1v) is 4.30. The van der Waals surface area contributed by atoms with Crippen molar-refractivity contribution in [3.63, 3.8) is 0 Å². The Kier molecular flexibility index (Phi) is 1.44. The van der Waals surface area contributed by atoms with Gasteiger partial charge in [0.05, 0.1) is 0 Å². The Morgan fingerprint density at radius 3 is 3.10 bits per heavy atom. The number of hydrogen-bond donors (Lipinski definition) is 1. The third-order valence-corrected chi connectivity index (χ3v) is 2.90. The zero-order valence-electron chi connectivity index (χ0n) is 6.51. The SMILES string of the molecule is C[C@@H]1CCCC2C=CNC21. The molecule has 0 aromatic carbocycles. The van der Waals surface area contributed by atoms with Gasteiger partial charge in [0.15, 0.2) is 0 Å². The predicted octanol–water partition coefficient (Wildman–Crippen LogP) is 1.91. The first-order chi connectivity index (χ1) is 4.88. The van der Waals surface area contributed by atoms with Gasteiger partial charge >= 0.3 is 0 Å². The summed E-state index contributed by atoms with van der Waals surface area (Å²) in [6, 6.07) is 0.772. The molecule has 2 aliphatic rings. The highest BCUT2D eigenvalue weighted by molar-refractivity contribution is 5.05. The largest absolute Gasteiger partial charge is 0.388 e. The van der Waals surface area contributed by atoms with Crippen LogP contribution in [0.5, 0.6) is 0 Å². The van der Waals surface area contributed by atoms with E-state index in [0.717, 1.165) is 17.9 Å². The van der Waals surface area contributed by atoms with Crippen LogP contribution in [0.3, 0.4) is 0 Å². The summed E-state index contributed by atoms with van der Waals surface area (Å²) < 4.78 is 0. The van der Waals surface area contributed by atoms with Crippen LogP contribution in [0.1, 0.15) is 26.2 Å². The van der Waals surface area contributed by atoms with Gasteiger partial charge in [0.2, 0.25) is 0 Å². The Balaban J connectivity index is 2.07. The third-order valence-electron chi connectivity index (χ3n) is 2.90. The zero-order chi connectivity index (χ0) is 6.97. The Morgan fingerprint density at radius 1 is 1.40 bits per heavy atom. The summed E-state index contributed by atoms with van der Waals surface area (Å²) in [6.07, 6.45) is 8.71. The quantitative estimate of drug-likeness (QED) is 0.537. The van der Waals surface area contributed by atoms with Crippen LogP contribution in [0.25, 0.3) is 0 Å². The van der Waals surface area contributed by atoms with Crippen LogP contribution in [0.4, 0.5) is 0 Å². The highest BCUT2D eigenvalue weighted by atomic mass is 14.9. The van der Waals surface area contributed by atoms with Crippen LogP contribution >= 0.6 is 0 Å². The molecular weight excluding hydrogens is 122 g/mol. The van der Waals surface area contributed by atoms with Gasteiger partial charge in [-0.05, 0) is 30.9 Å². The second-order valence-corrected chi connectivity index (χ2v) is 3.62. The van der Waals surface area contributed by atoms with Gasteiger partial charge in [-0.15, -0.1) is 0 Å². The van der Waals surface area contributed by atoms with E-state index in [2.05, 4.69) is 24.5 Å². The van der Waals surface area contributed by atoms with Crippen molar-refractivity contribution in [2.75, 3.05) is 0 Å². The standard InChI is InChI=1S/C9H15N/c1-7-3-2-4-8-5-6-10-9(7)8/h5-10H,2-4H2,1H3/t7-,8?,9?/m1/s1. The fourth-order valence-electron chi connectivity index (χ4n) is 2.25. The van der Waals surface area contributed by atoms with E-state index >= 15 is 0 Å². The molecule has 2 rings (SSSR count). The van der Waals surface area contributed by atoms with Gasteiger partial charge in [-0.3, -0.25) is 0 Å². The summed E-state index contributed by atoms with van der Waals surface area (Å²) in [5, 5.41) is 3.43. The first-order valence-electron chi connectivity index (χ1n) is 4.30. The molecule has 1 N–H and O–H groups in total. The van der Waals surface area contributed by atoms with Crippen LogP contribution in [-0.2, 0) is 0 Å². The lowest BCUT2D eigenvalue weighted by molar-refractivity contribution is 0.263. The molecule has 1 nitrogen and oxygen atoms in total. The van der Waals surface area contributed by atoms with E-state index in [4.69, 9.17) is 0 Å². The first kappa shape index (κ1) is 6.26. The number of nitrogens with one attached hydrogen (secondary N) is 1. The monoisotopic (exact) mass is 137 g/mol. The second kappa shape index (κ2) is 2.30. The molecule has 3 atom stereocenters. The maximum Gasteiger partial charge on any atom is 0.0344 e. The molecule has 0 radical (unpaired) electrons. The Bertz CT molecular complexity index is 151. The normalized spacial score (nSPS) is 44.7. The molecule has 0 spiro atoms. The molecule has 1 heteroatoms. The van der Waals surface area contributed by atoms with Crippen molar-refractivity contribution in [3.05, 3.63) is 12.3 Å². The number of fused-ring (bicyclic) bond motifs is 1. The summed E-state index contributed by atoms with van der Waals surface area (Å²) in [5.74, 6) is 1.73. The van der Waals surface area contributed by atoms with E-state index in [1.54, 1.807) is 0 Å². The van der Waals surface area contributed by atoms with E-state index in [1.165, 1.54) is 19.3 Å². The Labute approximate surface area is 62.5 Å². The smallest absolute Gasteiger partial charge is 0.0344 e. The summed E-state index contributed by atoms with van der Waals surface area (Å²) in [5.41, 5.74) is 0. The van der Waals surface area contributed by atoms with Crippen molar-refractivity contribution in [2.45, 2.75) is 32.2 Å². The highest BCUT2D eigenvalue weighted by Gasteiger charge is 2.30. The fourth-order valence-corrected chi connectivity index (χ4v) is 2.25. The lowest BCUT2D eigenvalue weighted by Gasteiger charge is -2.31. The third kappa shape index (κ3) is 0.845. The van der Waals surface area contributed by atoms with E-state index in [9.17, 15) is 0 Å². The van der Waals surface area contributed by atoms with Crippen molar-refractivity contribution >= 4 is 0 Å². The minimum Gasteiger partial charge on any atom is -0.388 e. The summed E-state index contributed by atoms with van der Waals surface area (Å²) in [4.78, 5) is 0. The second-order valence-electron chi connectivity index (χ2n) is 3.62. The maximum atomic E-state index is 3.43.